The van der Waals surface area contributed by atoms with Crippen molar-refractivity contribution in [2.24, 2.45) is 0 Å². The van der Waals surface area contributed by atoms with Gasteiger partial charge in [-0.05, 0) is 55.6 Å². The molecule has 0 amide bonds. The molecular formula is C26H34N2O7. The molecule has 35 heavy (non-hydrogen) atoms. The van der Waals surface area contributed by atoms with E-state index >= 15 is 0 Å². The van der Waals surface area contributed by atoms with Crippen molar-refractivity contribution in [3.63, 3.8) is 0 Å². The van der Waals surface area contributed by atoms with E-state index in [4.69, 9.17) is 25.2 Å². The Morgan fingerprint density at radius 3 is 2.17 bits per heavy atom. The highest BCUT2D eigenvalue weighted by Crippen LogP contribution is 2.39. The van der Waals surface area contributed by atoms with E-state index in [2.05, 4.69) is 72.6 Å². The molecule has 0 aromatic heterocycles. The molecule has 2 aliphatic heterocycles. The van der Waals surface area contributed by atoms with E-state index in [1.165, 1.54) is 22.4 Å². The molecular weight excluding hydrogens is 452 g/mol. The summed E-state index contributed by atoms with van der Waals surface area (Å²) in [6.07, 6.45) is -3.40. The molecule has 2 aromatic carbocycles. The van der Waals surface area contributed by atoms with Gasteiger partial charge in [-0.15, -0.1) is 0 Å². The van der Waals surface area contributed by atoms with Gasteiger partial charge in [0.25, 0.3) is 0 Å². The molecule has 0 bridgehead atoms. The Bertz CT molecular complexity index is 988. The van der Waals surface area contributed by atoms with Gasteiger partial charge in [-0.25, -0.2) is 9.59 Å². The molecule has 2 aliphatic rings. The van der Waals surface area contributed by atoms with Gasteiger partial charge in [-0.1, -0.05) is 36.4 Å². The van der Waals surface area contributed by atoms with Crippen molar-refractivity contribution in [1.29, 1.82) is 0 Å². The van der Waals surface area contributed by atoms with Crippen LogP contribution in [0, 0.1) is 0 Å². The largest absolute Gasteiger partial charge is 0.479 e. The van der Waals surface area contributed by atoms with E-state index in [9.17, 15) is 9.59 Å². The summed E-state index contributed by atoms with van der Waals surface area (Å²) in [5.74, 6) is -3.07. The lowest BCUT2D eigenvalue weighted by Crippen LogP contribution is -2.39. The first-order valence-electron chi connectivity index (χ1n) is 11.7. The number of hydrogen-bond donors (Lipinski definition) is 5. The topological polar surface area (TPSA) is 140 Å². The molecule has 3 unspecified atom stereocenters. The van der Waals surface area contributed by atoms with Crippen LogP contribution in [0.2, 0.25) is 0 Å². The van der Waals surface area contributed by atoms with Crippen molar-refractivity contribution >= 4 is 17.6 Å². The Kier molecular flexibility index (Phi) is 8.85. The number of anilines is 1. The number of nitrogens with zero attached hydrogens (tertiary/aromatic N) is 1. The van der Waals surface area contributed by atoms with Crippen LogP contribution in [0.25, 0.3) is 0 Å². The predicted molar refractivity (Wildman–Crippen MR) is 131 cm³/mol. The Morgan fingerprint density at radius 2 is 1.60 bits per heavy atom. The van der Waals surface area contributed by atoms with Crippen LogP contribution in [0.1, 0.15) is 42.9 Å². The molecule has 1 saturated heterocycles. The first-order valence-corrected chi connectivity index (χ1v) is 11.7. The fraction of sp³-hybridized carbons (Fsp3) is 0.462. The normalized spacial score (nSPS) is 20.9. The van der Waals surface area contributed by atoms with Crippen LogP contribution in [0.3, 0.4) is 0 Å². The number of aliphatic carboxylic acids is 2. The van der Waals surface area contributed by atoms with Gasteiger partial charge in [0.05, 0.1) is 13.2 Å². The first-order chi connectivity index (χ1) is 16.6. The number of carbonyl (C=O) groups is 2. The minimum Gasteiger partial charge on any atom is -0.479 e. The molecule has 5 N–H and O–H groups in total. The highest BCUT2D eigenvalue weighted by molar-refractivity contribution is 5.83. The number of aliphatic hydroxyl groups excluding tert-OH is 2. The van der Waals surface area contributed by atoms with E-state index in [1.807, 2.05) is 0 Å². The molecule has 9 nitrogen and oxygen atoms in total. The summed E-state index contributed by atoms with van der Waals surface area (Å²) in [5.41, 5.74) is 5.63. The van der Waals surface area contributed by atoms with Gasteiger partial charge in [0.2, 0.25) is 0 Å². The summed E-state index contributed by atoms with van der Waals surface area (Å²) >= 11 is 0. The summed E-state index contributed by atoms with van der Waals surface area (Å²) in [7, 11) is 0. The van der Waals surface area contributed by atoms with Crippen molar-refractivity contribution in [2.75, 3.05) is 37.7 Å². The maximum atomic E-state index is 9.77. The van der Waals surface area contributed by atoms with E-state index in [0.29, 0.717) is 5.92 Å². The van der Waals surface area contributed by atoms with Crippen LogP contribution >= 0.6 is 0 Å². The SMILES string of the molecule is CC1(C)NCCC(c2ccccc2)c2ccc(N3CCOCC3)cc21.O=C(O)C(O)C(O)C(=O)O. The third-order valence-electron chi connectivity index (χ3n) is 6.47. The summed E-state index contributed by atoms with van der Waals surface area (Å²) in [5, 5.41) is 36.3. The smallest absolute Gasteiger partial charge is 0.335 e. The lowest BCUT2D eigenvalue weighted by atomic mass is 9.82. The van der Waals surface area contributed by atoms with Crippen LogP contribution in [0.15, 0.2) is 48.5 Å². The van der Waals surface area contributed by atoms with Crippen molar-refractivity contribution in [3.8, 4) is 0 Å². The lowest BCUT2D eigenvalue weighted by Gasteiger charge is -2.33. The van der Waals surface area contributed by atoms with E-state index in [0.717, 1.165) is 39.3 Å². The average molecular weight is 487 g/mol. The number of nitrogens with one attached hydrogen (secondary N) is 1. The fourth-order valence-electron chi connectivity index (χ4n) is 4.49. The molecule has 0 aliphatic carbocycles. The maximum absolute atomic E-state index is 9.77. The number of hydrogen-bond acceptors (Lipinski definition) is 7. The van der Waals surface area contributed by atoms with Crippen molar-refractivity contribution in [2.45, 2.75) is 43.9 Å². The maximum Gasteiger partial charge on any atom is 0.335 e. The van der Waals surface area contributed by atoms with Crippen LogP contribution in [-0.2, 0) is 19.9 Å². The molecule has 0 saturated carbocycles. The second-order valence-corrected chi connectivity index (χ2v) is 9.24. The van der Waals surface area contributed by atoms with Crippen LogP contribution in [0.5, 0.6) is 0 Å². The fourth-order valence-corrected chi connectivity index (χ4v) is 4.49. The number of carboxylic acid groups (broad SMARTS) is 2. The van der Waals surface area contributed by atoms with Crippen LogP contribution < -0.4 is 10.2 Å². The Balaban J connectivity index is 0.000000292. The molecule has 4 rings (SSSR count). The number of ether oxygens (including phenoxy) is 1. The Morgan fingerprint density at radius 1 is 1.00 bits per heavy atom. The summed E-state index contributed by atoms with van der Waals surface area (Å²) in [6.45, 7) is 9.26. The highest BCUT2D eigenvalue weighted by Gasteiger charge is 2.31. The zero-order chi connectivity index (χ0) is 25.6. The van der Waals surface area contributed by atoms with Gasteiger partial charge in [-0.2, -0.15) is 0 Å². The third-order valence-corrected chi connectivity index (χ3v) is 6.47. The van der Waals surface area contributed by atoms with E-state index < -0.39 is 24.1 Å². The Labute approximate surface area is 205 Å². The minimum absolute atomic E-state index is 0.0127. The van der Waals surface area contributed by atoms with Gasteiger partial charge in [-0.3, -0.25) is 0 Å². The second kappa shape index (κ2) is 11.6. The molecule has 2 aromatic rings. The minimum atomic E-state index is -2.27. The lowest BCUT2D eigenvalue weighted by molar-refractivity contribution is -0.165. The molecule has 2 heterocycles. The van der Waals surface area contributed by atoms with Crippen molar-refractivity contribution in [1.82, 2.24) is 5.32 Å². The van der Waals surface area contributed by atoms with Crippen molar-refractivity contribution in [3.05, 3.63) is 65.2 Å². The summed E-state index contributed by atoms with van der Waals surface area (Å²) in [6, 6.07) is 18.0. The standard InChI is InChI=1S/C22H28N2O.C4H6O6/c1-22(2)21-16-18(24-12-14-25-15-13-24)8-9-20(21)19(10-11-23-22)17-6-4-3-5-7-17;5-1(3(7)8)2(6)4(9)10/h3-9,16,19,23H,10-15H2,1-2H3;1-2,5-6H,(H,7,8)(H,9,10). The number of rotatable bonds is 5. The molecule has 0 radical (unpaired) electrons. The quantitative estimate of drug-likeness (QED) is 0.428. The number of morpholine rings is 1. The second-order valence-electron chi connectivity index (χ2n) is 9.24. The van der Waals surface area contributed by atoms with Gasteiger partial charge >= 0.3 is 11.9 Å². The number of carboxylic acids is 2. The third kappa shape index (κ3) is 6.58. The zero-order valence-electron chi connectivity index (χ0n) is 20.1. The highest BCUT2D eigenvalue weighted by atomic mass is 16.5. The van der Waals surface area contributed by atoms with Crippen LogP contribution in [0.4, 0.5) is 5.69 Å². The number of fused-ring (bicyclic) bond motifs is 1. The predicted octanol–water partition coefficient (Wildman–Crippen LogP) is 1.76. The van der Waals surface area contributed by atoms with E-state index in [1.54, 1.807) is 0 Å². The van der Waals surface area contributed by atoms with Gasteiger partial charge in [0.1, 0.15) is 0 Å². The number of benzene rings is 2. The molecule has 9 heteroatoms. The summed E-state index contributed by atoms with van der Waals surface area (Å²) < 4.78 is 5.52. The zero-order valence-corrected chi connectivity index (χ0v) is 20.1. The van der Waals surface area contributed by atoms with Gasteiger partial charge < -0.3 is 35.4 Å². The monoisotopic (exact) mass is 486 g/mol. The van der Waals surface area contributed by atoms with E-state index in [-0.39, 0.29) is 5.54 Å². The van der Waals surface area contributed by atoms with Gasteiger partial charge in [0.15, 0.2) is 12.2 Å². The van der Waals surface area contributed by atoms with Gasteiger partial charge in [0, 0.05) is 30.2 Å². The average Bonchev–Trinajstić information content (AvgIpc) is 2.99. The first kappa shape index (κ1) is 26.6. The Hall–Kier alpha value is -2.98. The number of aliphatic hydroxyl groups is 2. The molecule has 190 valence electrons. The molecule has 1 fully saturated rings. The molecule has 0 spiro atoms. The van der Waals surface area contributed by atoms with Crippen molar-refractivity contribution < 1.29 is 34.8 Å². The molecule has 3 atom stereocenters. The summed E-state index contributed by atoms with van der Waals surface area (Å²) in [4.78, 5) is 22.0. The van der Waals surface area contributed by atoms with Crippen LogP contribution in [-0.4, -0.2) is 77.4 Å².